The van der Waals surface area contributed by atoms with Gasteiger partial charge in [-0.05, 0) is 88.0 Å². The van der Waals surface area contributed by atoms with Crippen LogP contribution in [-0.2, 0) is 29.8 Å². The van der Waals surface area contributed by atoms with E-state index >= 15 is 0 Å². The van der Waals surface area contributed by atoms with Crippen molar-refractivity contribution in [3.63, 3.8) is 0 Å². The van der Waals surface area contributed by atoms with Crippen molar-refractivity contribution < 1.29 is 42.5 Å². The van der Waals surface area contributed by atoms with Crippen molar-refractivity contribution in [1.82, 2.24) is 0 Å². The minimum Gasteiger partial charge on any atom is -0.487 e. The van der Waals surface area contributed by atoms with Crippen LogP contribution in [0.5, 0.6) is 11.5 Å². The lowest BCUT2D eigenvalue weighted by molar-refractivity contribution is -0.134. The maximum Gasteiger partial charge on any atom is 0.560 e. The summed E-state index contributed by atoms with van der Waals surface area (Å²) in [6, 6.07) is 3.54. The first-order valence-electron chi connectivity index (χ1n) is 15.0. The summed E-state index contributed by atoms with van der Waals surface area (Å²) in [5.74, 6) is 2.28. The van der Waals surface area contributed by atoms with Gasteiger partial charge in [-0.3, -0.25) is 4.79 Å². The molecule has 0 fully saturated rings. The first kappa shape index (κ1) is 35.8. The van der Waals surface area contributed by atoms with Crippen molar-refractivity contribution in [2.45, 2.75) is 111 Å². The number of rotatable bonds is 16. The van der Waals surface area contributed by atoms with E-state index in [-0.39, 0.29) is 31.7 Å². The number of hydrogen-bond donors (Lipinski definition) is 0. The van der Waals surface area contributed by atoms with Gasteiger partial charge in [0.25, 0.3) is 0 Å². The Bertz CT molecular complexity index is 1120. The Balaban J connectivity index is 2.06. The number of aryl methyl sites for hydroxylation is 2. The summed E-state index contributed by atoms with van der Waals surface area (Å²) >= 11 is 0. The molecule has 0 N–H and O–H groups in total. The van der Waals surface area contributed by atoms with Crippen molar-refractivity contribution in [2.24, 2.45) is 17.8 Å². The molecule has 0 spiro atoms. The Kier molecular flexibility index (Phi) is 14.0. The Morgan fingerprint density at radius 2 is 1.55 bits per heavy atom. The van der Waals surface area contributed by atoms with Gasteiger partial charge in [0.2, 0.25) is 0 Å². The average Bonchev–Trinajstić information content (AvgIpc) is 2.93. The first-order valence-corrected chi connectivity index (χ1v) is 17.7. The second-order valence-electron chi connectivity index (χ2n) is 11.7. The molecule has 0 saturated heterocycles. The molecule has 1 aliphatic heterocycles. The van der Waals surface area contributed by atoms with Crippen LogP contribution in [-0.4, -0.2) is 41.6 Å². The van der Waals surface area contributed by atoms with Gasteiger partial charge in [0.1, 0.15) is 17.1 Å². The van der Waals surface area contributed by atoms with Gasteiger partial charge in [-0.15, -0.1) is 0 Å². The first-order chi connectivity index (χ1) is 19.7. The summed E-state index contributed by atoms with van der Waals surface area (Å²) in [4.78, 5) is 36.9. The molecule has 234 valence electrons. The second-order valence-corrected chi connectivity index (χ2v) is 15.4. The van der Waals surface area contributed by atoms with E-state index in [0.29, 0.717) is 23.5 Å². The molecule has 5 unspecified atom stereocenters. The van der Waals surface area contributed by atoms with Crippen molar-refractivity contribution in [1.29, 1.82) is 0 Å². The fourth-order valence-electron chi connectivity index (χ4n) is 4.98. The minimum absolute atomic E-state index is 0.0259. The highest BCUT2D eigenvalue weighted by molar-refractivity contribution is 7.79. The maximum atomic E-state index is 12.7. The predicted octanol–water partition coefficient (Wildman–Crippen LogP) is 9.16. The van der Waals surface area contributed by atoms with Crippen LogP contribution < -0.4 is 9.47 Å². The zero-order valence-corrected chi connectivity index (χ0v) is 28.2. The lowest BCUT2D eigenvalue weighted by atomic mass is 9.79. The Morgan fingerprint density at radius 3 is 2.10 bits per heavy atom. The van der Waals surface area contributed by atoms with Crippen LogP contribution >= 0.6 is 15.6 Å². The number of hydrogen-bond acceptors (Lipinski definition) is 9. The standard InChI is InChI=1S/C31H48O9P2/c1-9-37-29(33)41(35)27(42(36)30(34)38-10-2)15-14-26(32)39-25-18-22(6)28-24(19-25)16-17-31(8,40-28)23(7)13-11-12-21(5)20(3)4/h18-21,23,27H,9-17H2,1-8H3/q+2. The molecule has 1 aromatic carbocycles. The number of benzene rings is 1. The summed E-state index contributed by atoms with van der Waals surface area (Å²) in [6.45, 7) is 16.2. The van der Waals surface area contributed by atoms with Gasteiger partial charge >= 0.3 is 38.4 Å². The van der Waals surface area contributed by atoms with Gasteiger partial charge in [0.05, 0.1) is 26.1 Å². The van der Waals surface area contributed by atoms with Gasteiger partial charge in [0, 0.05) is 0 Å². The van der Waals surface area contributed by atoms with E-state index in [4.69, 9.17) is 18.9 Å². The third-order valence-electron chi connectivity index (χ3n) is 8.30. The highest BCUT2D eigenvalue weighted by Crippen LogP contribution is 2.49. The van der Waals surface area contributed by atoms with Crippen molar-refractivity contribution >= 4 is 33.0 Å². The van der Waals surface area contributed by atoms with Gasteiger partial charge in [-0.2, -0.15) is 9.59 Å². The van der Waals surface area contributed by atoms with E-state index in [0.717, 1.165) is 36.1 Å². The van der Waals surface area contributed by atoms with E-state index in [9.17, 15) is 23.5 Å². The molecule has 0 aromatic heterocycles. The Morgan fingerprint density at radius 1 is 0.952 bits per heavy atom. The highest BCUT2D eigenvalue weighted by atomic mass is 31.2. The van der Waals surface area contributed by atoms with Crippen LogP contribution in [0, 0.1) is 24.7 Å². The number of carbonyl (C=O) groups excluding carboxylic acids is 3. The average molecular weight is 627 g/mol. The molecule has 9 nitrogen and oxygen atoms in total. The van der Waals surface area contributed by atoms with E-state index in [1.165, 1.54) is 12.8 Å². The number of carbonyl (C=O) groups is 3. The molecule has 0 amide bonds. The summed E-state index contributed by atoms with van der Waals surface area (Å²) in [7, 11) is -5.68. The molecule has 1 aliphatic rings. The number of esters is 1. The summed E-state index contributed by atoms with van der Waals surface area (Å²) < 4.78 is 47.1. The lowest BCUT2D eigenvalue weighted by Crippen LogP contribution is -2.42. The van der Waals surface area contributed by atoms with Gasteiger partial charge < -0.3 is 18.9 Å². The largest absolute Gasteiger partial charge is 0.560 e. The fraction of sp³-hybridized carbons (Fsp3) is 0.710. The molecule has 0 saturated carbocycles. The summed E-state index contributed by atoms with van der Waals surface area (Å²) in [5, 5.41) is -1.40. The zero-order chi connectivity index (χ0) is 31.6. The summed E-state index contributed by atoms with van der Waals surface area (Å²) in [5.41, 5.74) is -0.581. The van der Waals surface area contributed by atoms with Crippen LogP contribution in [0.2, 0.25) is 0 Å². The van der Waals surface area contributed by atoms with Crippen LogP contribution in [0.1, 0.15) is 98.1 Å². The predicted molar refractivity (Wildman–Crippen MR) is 163 cm³/mol. The van der Waals surface area contributed by atoms with E-state index < -0.39 is 38.4 Å². The van der Waals surface area contributed by atoms with Crippen molar-refractivity contribution in [2.75, 3.05) is 13.2 Å². The molecule has 5 atom stereocenters. The molecule has 42 heavy (non-hydrogen) atoms. The topological polar surface area (TPSA) is 122 Å². The SMILES string of the molecule is CCOC(=O)[P+](=O)C(CCC(=O)Oc1cc(C)c2c(c1)CCC(C)(C(C)CCCC(C)C(C)C)O2)[P+](=O)C(=O)OCC. The van der Waals surface area contributed by atoms with Crippen molar-refractivity contribution in [3.8, 4) is 11.5 Å². The third-order valence-corrected chi connectivity index (χ3v) is 12.1. The van der Waals surface area contributed by atoms with Gasteiger partial charge in [-0.25, -0.2) is 0 Å². The highest BCUT2D eigenvalue weighted by Gasteiger charge is 2.58. The molecule has 1 aromatic rings. The Hall–Kier alpha value is -2.37. The summed E-state index contributed by atoms with van der Waals surface area (Å²) in [6.07, 6.45) is 4.55. The van der Waals surface area contributed by atoms with E-state index in [1.54, 1.807) is 26.0 Å². The molecule has 11 heteroatoms. The molecule has 2 rings (SSSR count). The second kappa shape index (κ2) is 16.5. The smallest absolute Gasteiger partial charge is 0.487 e. The molecular weight excluding hydrogens is 578 g/mol. The molecule has 0 aliphatic carbocycles. The normalized spacial score (nSPS) is 19.1. The van der Waals surface area contributed by atoms with Crippen molar-refractivity contribution in [3.05, 3.63) is 23.3 Å². The molecule has 1 heterocycles. The van der Waals surface area contributed by atoms with E-state index in [1.807, 2.05) is 6.92 Å². The molecular formula is C31H48O9P2+2. The van der Waals surface area contributed by atoms with E-state index in [2.05, 4.69) is 34.6 Å². The maximum absolute atomic E-state index is 12.7. The quantitative estimate of drug-likeness (QED) is 0.100. The Labute approximate surface area is 252 Å². The van der Waals surface area contributed by atoms with Crippen LogP contribution in [0.15, 0.2) is 12.1 Å². The monoisotopic (exact) mass is 626 g/mol. The zero-order valence-electron chi connectivity index (χ0n) is 26.4. The van der Waals surface area contributed by atoms with Gasteiger partial charge in [-0.1, -0.05) is 49.7 Å². The fourth-order valence-corrected chi connectivity index (χ4v) is 8.03. The lowest BCUT2D eigenvalue weighted by Gasteiger charge is -2.41. The molecule has 0 bridgehead atoms. The van der Waals surface area contributed by atoms with Crippen LogP contribution in [0.4, 0.5) is 9.59 Å². The van der Waals surface area contributed by atoms with Crippen LogP contribution in [0.25, 0.3) is 0 Å². The van der Waals surface area contributed by atoms with Gasteiger partial charge in [0.15, 0.2) is 0 Å². The van der Waals surface area contributed by atoms with Crippen LogP contribution in [0.3, 0.4) is 0 Å². The number of ether oxygens (including phenoxy) is 4. The molecule has 0 radical (unpaired) electrons. The minimum atomic E-state index is -2.84. The number of fused-ring (bicyclic) bond motifs is 1. The third kappa shape index (κ3) is 9.84.